The number of hydrogen-bond donors (Lipinski definition) is 0. The SMILES string of the molecule is CN(C)C1=NC(Cl)C2=C(c3ccccc3)c3c(Cl)nc(N(C)C)nc3SC2=N1. The Balaban J connectivity index is 2.02. The molecule has 144 valence electrons. The van der Waals surface area contributed by atoms with Crippen molar-refractivity contribution in [1.29, 1.82) is 0 Å². The Morgan fingerprint density at radius 1 is 1.00 bits per heavy atom. The Bertz CT molecular complexity index is 1030. The summed E-state index contributed by atoms with van der Waals surface area (Å²) in [6, 6.07) is 9.96. The Labute approximate surface area is 178 Å². The first-order valence-electron chi connectivity index (χ1n) is 8.57. The number of hydrogen-bond acceptors (Lipinski definition) is 7. The van der Waals surface area contributed by atoms with Crippen molar-refractivity contribution in [2.24, 2.45) is 9.98 Å². The van der Waals surface area contributed by atoms with Crippen molar-refractivity contribution >= 4 is 57.5 Å². The zero-order valence-electron chi connectivity index (χ0n) is 15.8. The fourth-order valence-electron chi connectivity index (χ4n) is 2.99. The predicted molar refractivity (Wildman–Crippen MR) is 118 cm³/mol. The molecule has 1 unspecified atom stereocenters. The fourth-order valence-corrected chi connectivity index (χ4v) is 4.73. The normalized spacial score (nSPS) is 18.1. The van der Waals surface area contributed by atoms with Gasteiger partial charge in [0, 0.05) is 39.3 Å². The van der Waals surface area contributed by atoms with Crippen molar-refractivity contribution in [3.63, 3.8) is 0 Å². The lowest BCUT2D eigenvalue weighted by Gasteiger charge is -2.30. The molecule has 0 bridgehead atoms. The topological polar surface area (TPSA) is 57.0 Å². The van der Waals surface area contributed by atoms with Gasteiger partial charge in [0.1, 0.15) is 15.2 Å². The van der Waals surface area contributed by atoms with Crippen LogP contribution in [0.1, 0.15) is 11.1 Å². The van der Waals surface area contributed by atoms with Gasteiger partial charge in [0.15, 0.2) is 5.50 Å². The molecule has 1 atom stereocenters. The third-order valence-corrected chi connectivity index (χ3v) is 5.88. The monoisotopic (exact) mass is 432 g/mol. The number of guanidine groups is 1. The molecule has 9 heteroatoms. The quantitative estimate of drug-likeness (QED) is 0.407. The first kappa shape index (κ1) is 19.2. The highest BCUT2D eigenvalue weighted by molar-refractivity contribution is 8.14. The second-order valence-corrected chi connectivity index (χ2v) is 8.47. The van der Waals surface area contributed by atoms with Crippen LogP contribution in [0.15, 0.2) is 50.9 Å². The average molecular weight is 433 g/mol. The summed E-state index contributed by atoms with van der Waals surface area (Å²) in [4.78, 5) is 22.1. The zero-order valence-corrected chi connectivity index (χ0v) is 18.1. The van der Waals surface area contributed by atoms with E-state index in [2.05, 4.69) is 9.98 Å². The van der Waals surface area contributed by atoms with Gasteiger partial charge in [-0.2, -0.15) is 0 Å². The number of thioether (sulfide) groups is 1. The maximum atomic E-state index is 6.72. The van der Waals surface area contributed by atoms with Gasteiger partial charge in [-0.15, -0.1) is 0 Å². The lowest BCUT2D eigenvalue weighted by atomic mass is 9.94. The van der Waals surface area contributed by atoms with Crippen molar-refractivity contribution in [2.75, 3.05) is 33.1 Å². The van der Waals surface area contributed by atoms with E-state index in [-0.39, 0.29) is 0 Å². The van der Waals surface area contributed by atoms with Crippen LogP contribution in [0.25, 0.3) is 5.57 Å². The van der Waals surface area contributed by atoms with Gasteiger partial charge in [0.05, 0.1) is 5.56 Å². The van der Waals surface area contributed by atoms with Crippen LogP contribution in [0.5, 0.6) is 0 Å². The number of anilines is 1. The Hall–Kier alpha value is -2.09. The van der Waals surface area contributed by atoms with Crippen molar-refractivity contribution in [1.82, 2.24) is 14.9 Å². The Morgan fingerprint density at radius 3 is 2.36 bits per heavy atom. The van der Waals surface area contributed by atoms with Gasteiger partial charge in [-0.05, 0) is 17.3 Å². The van der Waals surface area contributed by atoms with Gasteiger partial charge >= 0.3 is 0 Å². The molecule has 2 aromatic rings. The largest absolute Gasteiger partial charge is 0.347 e. The highest BCUT2D eigenvalue weighted by Gasteiger charge is 2.36. The maximum absolute atomic E-state index is 6.72. The van der Waals surface area contributed by atoms with E-state index >= 15 is 0 Å². The van der Waals surface area contributed by atoms with Crippen LogP contribution in [-0.2, 0) is 0 Å². The molecule has 1 aromatic heterocycles. The number of nitrogens with zero attached hydrogens (tertiary/aromatic N) is 6. The molecule has 0 fully saturated rings. The molecule has 3 heterocycles. The number of aliphatic imine (C=N–C) groups is 2. The molecule has 2 aliphatic heterocycles. The van der Waals surface area contributed by atoms with E-state index in [9.17, 15) is 0 Å². The molecule has 2 aliphatic rings. The van der Waals surface area contributed by atoms with Gasteiger partial charge in [0.25, 0.3) is 0 Å². The van der Waals surface area contributed by atoms with Crippen LogP contribution in [0.3, 0.4) is 0 Å². The second-order valence-electron chi connectivity index (χ2n) is 6.72. The first-order chi connectivity index (χ1) is 13.4. The molecular weight excluding hydrogens is 415 g/mol. The highest BCUT2D eigenvalue weighted by Crippen LogP contribution is 2.47. The molecule has 4 rings (SSSR count). The van der Waals surface area contributed by atoms with E-state index in [0.717, 1.165) is 32.3 Å². The van der Waals surface area contributed by atoms with E-state index in [4.69, 9.17) is 33.2 Å². The van der Waals surface area contributed by atoms with Gasteiger partial charge in [-0.25, -0.2) is 20.0 Å². The van der Waals surface area contributed by atoms with E-state index in [1.54, 1.807) is 0 Å². The van der Waals surface area contributed by atoms with Gasteiger partial charge in [-0.3, -0.25) is 0 Å². The molecule has 0 aliphatic carbocycles. The van der Waals surface area contributed by atoms with Gasteiger partial charge in [0.2, 0.25) is 11.9 Å². The number of benzene rings is 1. The van der Waals surface area contributed by atoms with Crippen LogP contribution < -0.4 is 4.90 Å². The summed E-state index contributed by atoms with van der Waals surface area (Å²) < 4.78 is 0. The minimum Gasteiger partial charge on any atom is -0.347 e. The minimum atomic E-state index is -0.578. The number of rotatable bonds is 2. The summed E-state index contributed by atoms with van der Waals surface area (Å²) in [7, 11) is 7.55. The lowest BCUT2D eigenvalue weighted by Crippen LogP contribution is -2.30. The molecule has 6 nitrogen and oxygen atoms in total. The summed E-state index contributed by atoms with van der Waals surface area (Å²) in [5.74, 6) is 1.13. The molecule has 0 saturated carbocycles. The summed E-state index contributed by atoms with van der Waals surface area (Å²) in [6.07, 6.45) is 0. The Morgan fingerprint density at radius 2 is 1.71 bits per heavy atom. The zero-order chi connectivity index (χ0) is 20.0. The third kappa shape index (κ3) is 3.27. The van der Waals surface area contributed by atoms with Crippen molar-refractivity contribution < 1.29 is 0 Å². The average Bonchev–Trinajstić information content (AvgIpc) is 2.66. The first-order valence-corrected chi connectivity index (χ1v) is 10.2. The number of aromatic nitrogens is 2. The molecule has 0 N–H and O–H groups in total. The number of fused-ring (bicyclic) bond motifs is 2. The van der Waals surface area contributed by atoms with Gasteiger partial charge in [-0.1, -0.05) is 53.5 Å². The molecular formula is C19H18Cl2N6S. The van der Waals surface area contributed by atoms with Gasteiger partial charge < -0.3 is 9.80 Å². The van der Waals surface area contributed by atoms with Crippen LogP contribution in [-0.4, -0.2) is 59.6 Å². The molecule has 0 radical (unpaired) electrons. The fraction of sp³-hybridized carbons (Fsp3) is 0.263. The summed E-state index contributed by atoms with van der Waals surface area (Å²) >= 11 is 14.8. The highest BCUT2D eigenvalue weighted by atomic mass is 35.5. The third-order valence-electron chi connectivity index (χ3n) is 4.29. The number of halogens is 2. The number of alkyl halides is 1. The van der Waals surface area contributed by atoms with Crippen molar-refractivity contribution in [2.45, 2.75) is 10.5 Å². The molecule has 0 amide bonds. The van der Waals surface area contributed by atoms with E-state index in [1.807, 2.05) is 68.3 Å². The van der Waals surface area contributed by atoms with Crippen LogP contribution in [0.4, 0.5) is 5.95 Å². The summed E-state index contributed by atoms with van der Waals surface area (Å²) in [5.41, 5.74) is 2.88. The van der Waals surface area contributed by atoms with E-state index in [1.165, 1.54) is 11.8 Å². The molecule has 0 spiro atoms. The molecule has 28 heavy (non-hydrogen) atoms. The summed E-state index contributed by atoms with van der Waals surface area (Å²) in [5, 5.41) is 1.93. The standard InChI is InChI=1S/C19H18Cl2N6S/c1-26(2)18-22-14(20)12-11(10-8-6-5-7-9-10)13-15(21)23-19(27(3)4)25-17(13)28-16(12)24-18/h5-9,14H,1-4H3. The molecule has 0 saturated heterocycles. The maximum Gasteiger partial charge on any atom is 0.227 e. The molecule has 1 aromatic carbocycles. The predicted octanol–water partition coefficient (Wildman–Crippen LogP) is 4.00. The van der Waals surface area contributed by atoms with Crippen LogP contribution in [0.2, 0.25) is 5.15 Å². The van der Waals surface area contributed by atoms with E-state index < -0.39 is 5.50 Å². The van der Waals surface area contributed by atoms with Crippen LogP contribution in [0, 0.1) is 0 Å². The Kier molecular flexibility index (Phi) is 5.07. The van der Waals surface area contributed by atoms with E-state index in [0.29, 0.717) is 17.1 Å². The van der Waals surface area contributed by atoms with Crippen LogP contribution >= 0.6 is 35.0 Å². The van der Waals surface area contributed by atoms with Crippen molar-refractivity contribution in [3.8, 4) is 0 Å². The second kappa shape index (κ2) is 7.39. The lowest BCUT2D eigenvalue weighted by molar-refractivity contribution is 0.608. The van der Waals surface area contributed by atoms with Crippen molar-refractivity contribution in [3.05, 3.63) is 52.2 Å². The minimum absolute atomic E-state index is 0.387. The summed E-state index contributed by atoms with van der Waals surface area (Å²) in [6.45, 7) is 0. The smallest absolute Gasteiger partial charge is 0.227 e.